The highest BCUT2D eigenvalue weighted by atomic mass is 31.2. The molecule has 0 spiro atoms. The number of anilines is 1. The van der Waals surface area contributed by atoms with Gasteiger partial charge in [-0.3, -0.25) is 9.13 Å². The maximum atomic E-state index is 11.2. The van der Waals surface area contributed by atoms with Gasteiger partial charge in [0.2, 0.25) is 0 Å². The molecule has 0 amide bonds. The predicted molar refractivity (Wildman–Crippen MR) is 82.5 cm³/mol. The summed E-state index contributed by atoms with van der Waals surface area (Å²) < 4.78 is 23.0. The molecule has 1 fully saturated rings. The Morgan fingerprint density at radius 2 is 2.12 bits per heavy atom. The summed E-state index contributed by atoms with van der Waals surface area (Å²) in [5.74, 6) is 0.513. The summed E-state index contributed by atoms with van der Waals surface area (Å²) >= 11 is 0. The maximum absolute atomic E-state index is 11.2. The average molecular weight is 359 g/mol. The van der Waals surface area contributed by atoms with Crippen LogP contribution in [0.15, 0.2) is 12.7 Å². The van der Waals surface area contributed by atoms with Crippen LogP contribution in [-0.2, 0) is 13.8 Å². The highest BCUT2D eigenvalue weighted by Crippen LogP contribution is 2.39. The fraction of sp³-hybridized carbons (Fsp3) is 0.583. The summed E-state index contributed by atoms with van der Waals surface area (Å²) in [6.07, 6.45) is -1.74. The first-order valence-electron chi connectivity index (χ1n) is 7.13. The van der Waals surface area contributed by atoms with E-state index in [1.807, 2.05) is 0 Å². The highest BCUT2D eigenvalue weighted by Gasteiger charge is 2.45. The third kappa shape index (κ3) is 3.14. The van der Waals surface area contributed by atoms with Gasteiger partial charge in [-0.05, 0) is 0 Å². The van der Waals surface area contributed by atoms with E-state index in [9.17, 15) is 19.7 Å². The zero-order valence-electron chi connectivity index (χ0n) is 13.0. The van der Waals surface area contributed by atoms with Gasteiger partial charge < -0.3 is 29.7 Å². The van der Waals surface area contributed by atoms with E-state index in [4.69, 9.17) is 9.26 Å². The molecule has 0 aromatic carbocycles. The van der Waals surface area contributed by atoms with Crippen molar-refractivity contribution in [1.82, 2.24) is 19.5 Å². The molecule has 1 aliphatic rings. The van der Waals surface area contributed by atoms with Gasteiger partial charge in [-0.25, -0.2) is 15.0 Å². The van der Waals surface area contributed by atoms with Crippen LogP contribution in [0.4, 0.5) is 5.82 Å². The molecule has 3 rings (SSSR count). The second-order valence-electron chi connectivity index (χ2n) is 5.44. The fourth-order valence-electron chi connectivity index (χ4n) is 2.53. The molecular formula is C12H18N5O6P. The number of hydrogen-bond acceptors (Lipinski definition) is 9. The molecule has 1 saturated heterocycles. The van der Waals surface area contributed by atoms with Crippen LogP contribution in [0.25, 0.3) is 11.2 Å². The summed E-state index contributed by atoms with van der Waals surface area (Å²) in [5, 5.41) is 23.2. The van der Waals surface area contributed by atoms with Gasteiger partial charge in [0.25, 0.3) is 0 Å². The number of fused-ring (bicyclic) bond motifs is 1. The summed E-state index contributed by atoms with van der Waals surface area (Å²) in [6, 6.07) is 0. The van der Waals surface area contributed by atoms with E-state index < -0.39 is 32.1 Å². The van der Waals surface area contributed by atoms with Crippen LogP contribution < -0.4 is 5.32 Å². The van der Waals surface area contributed by atoms with Gasteiger partial charge in [0.1, 0.15) is 30.2 Å². The van der Waals surface area contributed by atoms with E-state index in [0.717, 1.165) is 6.66 Å². The Balaban J connectivity index is 1.86. The second kappa shape index (κ2) is 6.36. The fourth-order valence-corrected chi connectivity index (χ4v) is 2.95. The van der Waals surface area contributed by atoms with Gasteiger partial charge in [-0.15, -0.1) is 0 Å². The molecular weight excluding hydrogens is 341 g/mol. The maximum Gasteiger partial charge on any atom is 0.325 e. The van der Waals surface area contributed by atoms with Crippen molar-refractivity contribution in [2.75, 3.05) is 25.6 Å². The molecule has 132 valence electrons. The Morgan fingerprint density at radius 3 is 2.79 bits per heavy atom. The molecule has 12 heteroatoms. The molecule has 0 radical (unpaired) electrons. The van der Waals surface area contributed by atoms with E-state index in [0.29, 0.717) is 17.0 Å². The zero-order valence-corrected chi connectivity index (χ0v) is 13.9. The van der Waals surface area contributed by atoms with Crippen molar-refractivity contribution < 1.29 is 28.9 Å². The van der Waals surface area contributed by atoms with Gasteiger partial charge in [-0.1, -0.05) is 0 Å². The molecule has 2 aromatic heterocycles. The zero-order chi connectivity index (χ0) is 17.5. The normalized spacial score (nSPS) is 29.7. The third-order valence-corrected chi connectivity index (χ3v) is 4.31. The average Bonchev–Trinajstić information content (AvgIpc) is 3.07. The smallest absolute Gasteiger partial charge is 0.325 e. The first-order chi connectivity index (χ1) is 11.3. The largest absolute Gasteiger partial charge is 0.387 e. The molecule has 2 unspecified atom stereocenters. The van der Waals surface area contributed by atoms with Crippen molar-refractivity contribution in [1.29, 1.82) is 0 Å². The number of aliphatic hydroxyl groups is 2. The number of imidazole rings is 1. The summed E-state index contributed by atoms with van der Waals surface area (Å²) in [5.41, 5.74) is 0.897. The molecule has 0 saturated carbocycles. The van der Waals surface area contributed by atoms with Crippen molar-refractivity contribution in [3.05, 3.63) is 12.7 Å². The highest BCUT2D eigenvalue weighted by molar-refractivity contribution is 7.51. The number of rotatable bonds is 5. The Morgan fingerprint density at radius 1 is 1.38 bits per heavy atom. The van der Waals surface area contributed by atoms with Crippen molar-refractivity contribution in [3.63, 3.8) is 0 Å². The third-order valence-electron chi connectivity index (χ3n) is 3.69. The van der Waals surface area contributed by atoms with Crippen LogP contribution in [0.1, 0.15) is 6.23 Å². The lowest BCUT2D eigenvalue weighted by Gasteiger charge is -2.16. The second-order valence-corrected chi connectivity index (χ2v) is 7.31. The number of nitrogens with zero attached hydrogens (tertiary/aromatic N) is 4. The number of aromatic nitrogens is 4. The molecule has 11 nitrogen and oxygen atoms in total. The van der Waals surface area contributed by atoms with Crippen LogP contribution in [0.5, 0.6) is 0 Å². The van der Waals surface area contributed by atoms with Gasteiger partial charge in [0.05, 0.1) is 12.9 Å². The Kier molecular flexibility index (Phi) is 4.56. The molecule has 3 heterocycles. The van der Waals surface area contributed by atoms with Crippen LogP contribution in [-0.4, -0.2) is 73.3 Å². The molecule has 5 atom stereocenters. The quantitative estimate of drug-likeness (QED) is 0.505. The lowest BCUT2D eigenvalue weighted by Crippen LogP contribution is -2.33. The van der Waals surface area contributed by atoms with E-state index in [1.54, 1.807) is 7.05 Å². The standard InChI is InChI=1S/C12H18N5O6P/c1-13-10-7-11(15-4-14-10)17(5-16-7)12-9(19)8(18)6(23-12)3-22-24(2,20)21/h4-6,8-9,12,18-19H,3H2,1-2H3,(H,20,21)(H,13,14,15)/t6-,8+,9?,12-/m1/s1. The van der Waals surface area contributed by atoms with Crippen LogP contribution in [0.3, 0.4) is 0 Å². The van der Waals surface area contributed by atoms with Crippen LogP contribution in [0.2, 0.25) is 0 Å². The van der Waals surface area contributed by atoms with E-state index >= 15 is 0 Å². The molecule has 4 N–H and O–H groups in total. The minimum Gasteiger partial charge on any atom is -0.387 e. The lowest BCUT2D eigenvalue weighted by atomic mass is 10.1. The van der Waals surface area contributed by atoms with E-state index in [2.05, 4.69) is 20.3 Å². The molecule has 24 heavy (non-hydrogen) atoms. The number of nitrogens with one attached hydrogen (secondary N) is 1. The number of aliphatic hydroxyl groups excluding tert-OH is 2. The van der Waals surface area contributed by atoms with E-state index in [1.165, 1.54) is 17.2 Å². The van der Waals surface area contributed by atoms with Crippen molar-refractivity contribution in [2.24, 2.45) is 0 Å². The van der Waals surface area contributed by atoms with Gasteiger partial charge in [0.15, 0.2) is 17.7 Å². The topological polar surface area (TPSA) is 152 Å². The number of hydrogen-bond donors (Lipinski definition) is 4. The molecule has 1 aliphatic heterocycles. The first kappa shape index (κ1) is 17.2. The van der Waals surface area contributed by atoms with Crippen LogP contribution in [0, 0.1) is 0 Å². The molecule has 0 aliphatic carbocycles. The molecule has 0 bridgehead atoms. The Labute approximate surface area is 136 Å². The van der Waals surface area contributed by atoms with Gasteiger partial charge in [0, 0.05) is 13.7 Å². The van der Waals surface area contributed by atoms with Crippen molar-refractivity contribution in [2.45, 2.75) is 24.5 Å². The minimum absolute atomic E-state index is 0.331. The first-order valence-corrected chi connectivity index (χ1v) is 9.16. The van der Waals surface area contributed by atoms with E-state index in [-0.39, 0.29) is 6.61 Å². The Hall–Kier alpha value is -1.62. The monoisotopic (exact) mass is 359 g/mol. The van der Waals surface area contributed by atoms with Crippen molar-refractivity contribution in [3.8, 4) is 0 Å². The van der Waals surface area contributed by atoms with Crippen LogP contribution >= 0.6 is 7.60 Å². The lowest BCUT2D eigenvalue weighted by molar-refractivity contribution is -0.0483. The van der Waals surface area contributed by atoms with Crippen molar-refractivity contribution >= 4 is 24.6 Å². The van der Waals surface area contributed by atoms with Gasteiger partial charge >= 0.3 is 7.60 Å². The summed E-state index contributed by atoms with van der Waals surface area (Å²) in [7, 11) is -2.02. The summed E-state index contributed by atoms with van der Waals surface area (Å²) in [4.78, 5) is 21.5. The Bertz CT molecular complexity index is 778. The SMILES string of the molecule is CNc1ncnc2c1ncn2[C@@H]1O[C@H](COP(C)(=O)O)[C@H](O)C1O. The summed E-state index contributed by atoms with van der Waals surface area (Å²) in [6.45, 7) is 0.699. The minimum atomic E-state index is -3.71. The number of ether oxygens (including phenoxy) is 1. The molecule has 2 aromatic rings. The predicted octanol–water partition coefficient (Wildman–Crippen LogP) is -0.681. The van der Waals surface area contributed by atoms with Gasteiger partial charge in [-0.2, -0.15) is 0 Å².